The van der Waals surface area contributed by atoms with Gasteiger partial charge in [-0.05, 0) is 54.6 Å². The Morgan fingerprint density at radius 3 is 2.34 bits per heavy atom. The lowest BCUT2D eigenvalue weighted by atomic mass is 10.2. The fourth-order valence-corrected chi connectivity index (χ4v) is 2.97. The molecule has 144 valence electrons. The number of halogens is 3. The highest BCUT2D eigenvalue weighted by Gasteiger charge is 2.19. The van der Waals surface area contributed by atoms with Crippen LogP contribution in [0.5, 0.6) is 0 Å². The van der Waals surface area contributed by atoms with Gasteiger partial charge in [-0.1, -0.05) is 34.1 Å². The summed E-state index contributed by atoms with van der Waals surface area (Å²) in [7, 11) is 0. The zero-order valence-electron chi connectivity index (χ0n) is 14.8. The minimum absolute atomic E-state index is 0.100. The van der Waals surface area contributed by atoms with Crippen molar-refractivity contribution in [1.82, 2.24) is 14.8 Å². The first-order valence-corrected chi connectivity index (χ1v) is 9.35. The zero-order valence-corrected chi connectivity index (χ0v) is 16.4. The molecule has 0 spiro atoms. The molecule has 1 amide bonds. The van der Waals surface area contributed by atoms with E-state index < -0.39 is 11.7 Å². The number of hydrogen-bond acceptors (Lipinski definition) is 3. The SMILES string of the molecule is O=C(Nc1cccc(F)c1)c1nc(-c2ccc(Br)cc2)n(-c2ccc(F)cc2)n1. The number of carbonyl (C=O) groups excluding carboxylic acids is 1. The van der Waals surface area contributed by atoms with E-state index in [0.29, 0.717) is 17.2 Å². The molecule has 0 fully saturated rings. The Balaban J connectivity index is 1.75. The van der Waals surface area contributed by atoms with Crippen molar-refractivity contribution in [1.29, 1.82) is 0 Å². The van der Waals surface area contributed by atoms with Crippen LogP contribution < -0.4 is 5.32 Å². The van der Waals surface area contributed by atoms with E-state index >= 15 is 0 Å². The number of aromatic nitrogens is 3. The van der Waals surface area contributed by atoms with E-state index in [2.05, 4.69) is 31.3 Å². The minimum atomic E-state index is -0.588. The van der Waals surface area contributed by atoms with Gasteiger partial charge in [0.2, 0.25) is 5.82 Å². The van der Waals surface area contributed by atoms with Crippen LogP contribution >= 0.6 is 15.9 Å². The third-order valence-corrected chi connectivity index (χ3v) is 4.60. The number of hydrogen-bond donors (Lipinski definition) is 1. The normalized spacial score (nSPS) is 10.7. The van der Waals surface area contributed by atoms with Gasteiger partial charge < -0.3 is 5.32 Å². The monoisotopic (exact) mass is 454 g/mol. The van der Waals surface area contributed by atoms with Gasteiger partial charge in [-0.3, -0.25) is 4.79 Å². The summed E-state index contributed by atoms with van der Waals surface area (Å²) in [6.07, 6.45) is 0. The summed E-state index contributed by atoms with van der Waals surface area (Å²) in [6, 6.07) is 18.5. The summed E-state index contributed by atoms with van der Waals surface area (Å²) < 4.78 is 29.1. The van der Waals surface area contributed by atoms with Gasteiger partial charge in [0.25, 0.3) is 5.91 Å². The topological polar surface area (TPSA) is 59.8 Å². The van der Waals surface area contributed by atoms with Crippen LogP contribution in [0.25, 0.3) is 17.1 Å². The van der Waals surface area contributed by atoms with Gasteiger partial charge in [0.05, 0.1) is 5.69 Å². The molecule has 0 saturated heterocycles. The molecule has 4 rings (SSSR count). The standard InChI is InChI=1S/C21H13BrF2N4O/c22-14-6-4-13(5-7-14)20-26-19(21(29)25-17-3-1-2-16(24)12-17)27-28(20)18-10-8-15(23)9-11-18/h1-12H,(H,25,29). The molecular weight excluding hydrogens is 442 g/mol. The molecule has 4 aromatic rings. The third-order valence-electron chi connectivity index (χ3n) is 4.07. The molecule has 0 aliphatic carbocycles. The average molecular weight is 455 g/mol. The zero-order chi connectivity index (χ0) is 20.4. The van der Waals surface area contributed by atoms with Gasteiger partial charge in [0, 0.05) is 15.7 Å². The summed E-state index contributed by atoms with van der Waals surface area (Å²) in [5.74, 6) is -1.13. The van der Waals surface area contributed by atoms with Gasteiger partial charge >= 0.3 is 0 Å². The van der Waals surface area contributed by atoms with Crippen molar-refractivity contribution in [3.63, 3.8) is 0 Å². The molecule has 0 bridgehead atoms. The van der Waals surface area contributed by atoms with Crippen LogP contribution in [0.15, 0.2) is 77.3 Å². The van der Waals surface area contributed by atoms with E-state index in [-0.39, 0.29) is 11.6 Å². The fraction of sp³-hybridized carbons (Fsp3) is 0. The highest BCUT2D eigenvalue weighted by molar-refractivity contribution is 9.10. The number of anilines is 1. The van der Waals surface area contributed by atoms with E-state index in [1.807, 2.05) is 24.3 Å². The van der Waals surface area contributed by atoms with Crippen LogP contribution in [0.3, 0.4) is 0 Å². The maximum atomic E-state index is 13.4. The fourth-order valence-electron chi connectivity index (χ4n) is 2.71. The lowest BCUT2D eigenvalue weighted by molar-refractivity contribution is 0.101. The Bertz CT molecular complexity index is 1110. The van der Waals surface area contributed by atoms with Crippen molar-refractivity contribution in [2.75, 3.05) is 5.32 Å². The Morgan fingerprint density at radius 1 is 0.931 bits per heavy atom. The molecule has 3 aromatic carbocycles. The average Bonchev–Trinajstić information content (AvgIpc) is 3.15. The van der Waals surface area contributed by atoms with E-state index in [9.17, 15) is 13.6 Å². The number of benzene rings is 3. The maximum Gasteiger partial charge on any atom is 0.295 e. The van der Waals surface area contributed by atoms with Gasteiger partial charge in [-0.2, -0.15) is 0 Å². The number of rotatable bonds is 4. The second-order valence-corrected chi connectivity index (χ2v) is 7.03. The summed E-state index contributed by atoms with van der Waals surface area (Å²) in [4.78, 5) is 17.0. The molecule has 0 atom stereocenters. The molecule has 0 aliphatic rings. The van der Waals surface area contributed by atoms with Crippen molar-refractivity contribution in [3.05, 3.63) is 94.7 Å². The number of nitrogens with one attached hydrogen (secondary N) is 1. The van der Waals surface area contributed by atoms with Crippen LogP contribution in [0.4, 0.5) is 14.5 Å². The molecule has 1 heterocycles. The highest BCUT2D eigenvalue weighted by atomic mass is 79.9. The van der Waals surface area contributed by atoms with Gasteiger partial charge in [-0.25, -0.2) is 18.4 Å². The Kier molecular flexibility index (Phi) is 5.18. The van der Waals surface area contributed by atoms with Crippen LogP contribution in [0.1, 0.15) is 10.6 Å². The molecule has 0 saturated carbocycles. The number of carbonyl (C=O) groups is 1. The maximum absolute atomic E-state index is 13.4. The van der Waals surface area contributed by atoms with Crippen molar-refractivity contribution in [2.45, 2.75) is 0 Å². The van der Waals surface area contributed by atoms with E-state index in [0.717, 1.165) is 10.0 Å². The first-order chi connectivity index (χ1) is 14.0. The quantitative estimate of drug-likeness (QED) is 0.459. The molecule has 0 aliphatic heterocycles. The summed E-state index contributed by atoms with van der Waals surface area (Å²) >= 11 is 3.38. The van der Waals surface area contributed by atoms with Gasteiger partial charge in [0.1, 0.15) is 11.6 Å². The Morgan fingerprint density at radius 2 is 1.66 bits per heavy atom. The van der Waals surface area contributed by atoms with Crippen LogP contribution in [-0.2, 0) is 0 Å². The Labute approximate surface area is 173 Å². The summed E-state index contributed by atoms with van der Waals surface area (Å²) in [5.41, 5.74) is 1.55. The van der Waals surface area contributed by atoms with Crippen LogP contribution in [0, 0.1) is 11.6 Å². The molecule has 0 radical (unpaired) electrons. The molecule has 8 heteroatoms. The first kappa shape index (κ1) is 18.9. The second kappa shape index (κ2) is 7.92. The first-order valence-electron chi connectivity index (χ1n) is 8.55. The Hall–Kier alpha value is -3.39. The van der Waals surface area contributed by atoms with Crippen LogP contribution in [0.2, 0.25) is 0 Å². The second-order valence-electron chi connectivity index (χ2n) is 6.12. The molecule has 29 heavy (non-hydrogen) atoms. The summed E-state index contributed by atoms with van der Waals surface area (Å²) in [6.45, 7) is 0. The predicted molar refractivity (Wildman–Crippen MR) is 109 cm³/mol. The molecule has 1 aromatic heterocycles. The lowest BCUT2D eigenvalue weighted by Gasteiger charge is -2.06. The molecule has 1 N–H and O–H groups in total. The molecule has 0 unspecified atom stereocenters. The lowest BCUT2D eigenvalue weighted by Crippen LogP contribution is -2.14. The molecular formula is C21H13BrF2N4O. The smallest absolute Gasteiger partial charge is 0.295 e. The van der Waals surface area contributed by atoms with E-state index in [1.165, 1.54) is 35.0 Å². The highest BCUT2D eigenvalue weighted by Crippen LogP contribution is 2.24. The number of amides is 1. The molecule has 5 nitrogen and oxygen atoms in total. The van der Waals surface area contributed by atoms with Crippen LogP contribution in [-0.4, -0.2) is 20.7 Å². The number of nitrogens with zero attached hydrogens (tertiary/aromatic N) is 3. The van der Waals surface area contributed by atoms with Crippen molar-refractivity contribution < 1.29 is 13.6 Å². The predicted octanol–water partition coefficient (Wildman–Crippen LogP) is 5.23. The van der Waals surface area contributed by atoms with Crippen molar-refractivity contribution >= 4 is 27.5 Å². The van der Waals surface area contributed by atoms with Gasteiger partial charge in [-0.15, -0.1) is 5.10 Å². The van der Waals surface area contributed by atoms with Crippen molar-refractivity contribution in [3.8, 4) is 17.1 Å². The summed E-state index contributed by atoms with van der Waals surface area (Å²) in [5, 5.41) is 6.87. The van der Waals surface area contributed by atoms with Crippen molar-refractivity contribution in [2.24, 2.45) is 0 Å². The largest absolute Gasteiger partial charge is 0.319 e. The van der Waals surface area contributed by atoms with E-state index in [4.69, 9.17) is 0 Å². The third kappa shape index (κ3) is 4.22. The minimum Gasteiger partial charge on any atom is -0.319 e. The van der Waals surface area contributed by atoms with E-state index in [1.54, 1.807) is 18.2 Å². The van der Waals surface area contributed by atoms with Gasteiger partial charge in [0.15, 0.2) is 5.82 Å².